The van der Waals surface area contributed by atoms with E-state index in [9.17, 15) is 4.79 Å². The second-order valence-electron chi connectivity index (χ2n) is 5.29. The summed E-state index contributed by atoms with van der Waals surface area (Å²) >= 11 is 3.36. The van der Waals surface area contributed by atoms with Crippen molar-refractivity contribution in [3.05, 3.63) is 34.2 Å². The van der Waals surface area contributed by atoms with Crippen LogP contribution in [0.1, 0.15) is 13.8 Å². The summed E-state index contributed by atoms with van der Waals surface area (Å²) in [5, 5.41) is 0. The molecule has 0 bridgehead atoms. The second-order valence-corrected chi connectivity index (χ2v) is 6.21. The van der Waals surface area contributed by atoms with E-state index in [0.717, 1.165) is 4.47 Å². The Morgan fingerprint density at radius 2 is 2.09 bits per heavy atom. The first kappa shape index (κ1) is 15.2. The zero-order valence-corrected chi connectivity index (χ0v) is 13.9. The molecule has 3 rings (SSSR count). The van der Waals surface area contributed by atoms with Crippen LogP contribution in [-0.4, -0.2) is 31.6 Å². The molecule has 0 aromatic heterocycles. The van der Waals surface area contributed by atoms with Gasteiger partial charge in [0.05, 0.1) is 7.11 Å². The van der Waals surface area contributed by atoms with Gasteiger partial charge in [-0.3, -0.25) is 0 Å². The lowest BCUT2D eigenvalue weighted by atomic mass is 10.3. The molecular formula is C15H15BrO6. The Hall–Kier alpha value is -1.73. The van der Waals surface area contributed by atoms with E-state index >= 15 is 0 Å². The third-order valence-electron chi connectivity index (χ3n) is 3.19. The molecule has 0 aliphatic carbocycles. The molecule has 6 nitrogen and oxygen atoms in total. The summed E-state index contributed by atoms with van der Waals surface area (Å²) in [5.74, 6) is 0.486. The standard InChI is InChI=1S/C15H15BrO6/c1-15(2)21-12-11(20-14(17)13(12)22-15)7-19-9-5-4-8(16)6-10(9)18-3/h4-6,13H,7H2,1-3H3/t13-/m1/s1. The molecule has 7 heteroatoms. The van der Waals surface area contributed by atoms with Gasteiger partial charge in [-0.05, 0) is 18.2 Å². The first-order valence-electron chi connectivity index (χ1n) is 6.67. The highest BCUT2D eigenvalue weighted by Gasteiger charge is 2.50. The number of hydrogen-bond donors (Lipinski definition) is 0. The maximum atomic E-state index is 11.8. The smallest absolute Gasteiger partial charge is 0.348 e. The van der Waals surface area contributed by atoms with Crippen LogP contribution in [0.3, 0.4) is 0 Å². The highest BCUT2D eigenvalue weighted by atomic mass is 79.9. The topological polar surface area (TPSA) is 63.2 Å². The fourth-order valence-electron chi connectivity index (χ4n) is 2.27. The van der Waals surface area contributed by atoms with Crippen molar-refractivity contribution in [3.63, 3.8) is 0 Å². The maximum absolute atomic E-state index is 11.8. The number of carbonyl (C=O) groups excluding carboxylic acids is 1. The highest BCUT2D eigenvalue weighted by molar-refractivity contribution is 9.10. The van der Waals surface area contributed by atoms with Gasteiger partial charge in [0.1, 0.15) is 6.61 Å². The second kappa shape index (κ2) is 5.48. The van der Waals surface area contributed by atoms with Gasteiger partial charge in [-0.15, -0.1) is 0 Å². The predicted octanol–water partition coefficient (Wildman–Crippen LogP) is 2.76. The molecule has 0 saturated carbocycles. The van der Waals surface area contributed by atoms with Gasteiger partial charge in [-0.25, -0.2) is 4.79 Å². The lowest BCUT2D eigenvalue weighted by Gasteiger charge is -2.17. The van der Waals surface area contributed by atoms with Gasteiger partial charge >= 0.3 is 5.97 Å². The minimum absolute atomic E-state index is 0.0506. The zero-order chi connectivity index (χ0) is 15.9. The molecule has 1 aromatic carbocycles. The van der Waals surface area contributed by atoms with Gasteiger partial charge < -0.3 is 23.7 Å². The van der Waals surface area contributed by atoms with Crippen molar-refractivity contribution in [2.24, 2.45) is 0 Å². The van der Waals surface area contributed by atoms with E-state index in [2.05, 4.69) is 15.9 Å². The number of halogens is 1. The van der Waals surface area contributed by atoms with Crippen molar-refractivity contribution in [3.8, 4) is 11.5 Å². The predicted molar refractivity (Wildman–Crippen MR) is 79.3 cm³/mol. The Labute approximate surface area is 136 Å². The number of benzene rings is 1. The summed E-state index contributed by atoms with van der Waals surface area (Å²) in [7, 11) is 1.55. The van der Waals surface area contributed by atoms with Crippen LogP contribution >= 0.6 is 15.9 Å². The van der Waals surface area contributed by atoms with E-state index in [4.69, 9.17) is 23.7 Å². The Balaban J connectivity index is 1.77. The van der Waals surface area contributed by atoms with Crippen molar-refractivity contribution < 1.29 is 28.5 Å². The van der Waals surface area contributed by atoms with Crippen LogP contribution in [0.25, 0.3) is 0 Å². The van der Waals surface area contributed by atoms with Crippen LogP contribution in [0.5, 0.6) is 11.5 Å². The number of carbonyl (C=O) groups is 1. The number of ether oxygens (including phenoxy) is 5. The van der Waals surface area contributed by atoms with Gasteiger partial charge in [0.2, 0.25) is 11.9 Å². The van der Waals surface area contributed by atoms with Crippen LogP contribution < -0.4 is 9.47 Å². The summed E-state index contributed by atoms with van der Waals surface area (Å²) in [4.78, 5) is 11.8. The minimum Gasteiger partial charge on any atom is -0.493 e. The van der Waals surface area contributed by atoms with Crippen LogP contribution in [0.2, 0.25) is 0 Å². The van der Waals surface area contributed by atoms with Gasteiger partial charge in [-0.2, -0.15) is 0 Å². The number of methoxy groups -OCH3 is 1. The molecule has 0 spiro atoms. The molecule has 0 amide bonds. The minimum atomic E-state index is -0.847. The van der Waals surface area contributed by atoms with Crippen LogP contribution in [0.4, 0.5) is 0 Å². The van der Waals surface area contributed by atoms with Gasteiger partial charge in [0.25, 0.3) is 0 Å². The molecule has 118 valence electrons. The lowest BCUT2D eigenvalue weighted by Crippen LogP contribution is -2.26. The molecule has 2 aliphatic rings. The number of rotatable bonds is 4. The molecule has 2 heterocycles. The molecule has 2 aliphatic heterocycles. The fourth-order valence-corrected chi connectivity index (χ4v) is 2.61. The molecule has 0 radical (unpaired) electrons. The molecule has 1 saturated heterocycles. The monoisotopic (exact) mass is 370 g/mol. The van der Waals surface area contributed by atoms with E-state index in [-0.39, 0.29) is 6.61 Å². The van der Waals surface area contributed by atoms with E-state index < -0.39 is 17.9 Å². The van der Waals surface area contributed by atoms with E-state index in [1.807, 2.05) is 6.07 Å². The van der Waals surface area contributed by atoms with E-state index in [1.54, 1.807) is 33.1 Å². The van der Waals surface area contributed by atoms with Crippen molar-refractivity contribution >= 4 is 21.9 Å². The summed E-state index contributed by atoms with van der Waals surface area (Å²) in [6, 6.07) is 5.38. The van der Waals surface area contributed by atoms with Crippen molar-refractivity contribution in [2.45, 2.75) is 25.7 Å². The molecule has 0 N–H and O–H groups in total. The van der Waals surface area contributed by atoms with Crippen LogP contribution in [0, 0.1) is 0 Å². The Kier molecular flexibility index (Phi) is 3.78. The van der Waals surface area contributed by atoms with Gasteiger partial charge in [0, 0.05) is 18.3 Å². The third-order valence-corrected chi connectivity index (χ3v) is 3.69. The Morgan fingerprint density at radius 3 is 2.82 bits per heavy atom. The van der Waals surface area contributed by atoms with Gasteiger partial charge in [0.15, 0.2) is 23.0 Å². The molecular weight excluding hydrogens is 356 g/mol. The number of hydrogen-bond acceptors (Lipinski definition) is 6. The van der Waals surface area contributed by atoms with Gasteiger partial charge in [-0.1, -0.05) is 15.9 Å². The van der Waals surface area contributed by atoms with Crippen molar-refractivity contribution in [1.29, 1.82) is 0 Å². The quantitative estimate of drug-likeness (QED) is 0.759. The maximum Gasteiger partial charge on any atom is 0.348 e. The number of fused-ring (bicyclic) bond motifs is 1. The largest absolute Gasteiger partial charge is 0.493 e. The molecule has 1 fully saturated rings. The van der Waals surface area contributed by atoms with E-state index in [0.29, 0.717) is 23.0 Å². The van der Waals surface area contributed by atoms with E-state index in [1.165, 1.54) is 0 Å². The lowest BCUT2D eigenvalue weighted by molar-refractivity contribution is -0.168. The van der Waals surface area contributed by atoms with Crippen LogP contribution in [0.15, 0.2) is 34.2 Å². The normalized spacial score (nSPS) is 22.2. The van der Waals surface area contributed by atoms with Crippen LogP contribution in [-0.2, 0) is 19.0 Å². The number of esters is 1. The molecule has 0 unspecified atom stereocenters. The third kappa shape index (κ3) is 2.78. The van der Waals surface area contributed by atoms with Crippen molar-refractivity contribution in [2.75, 3.05) is 13.7 Å². The molecule has 22 heavy (non-hydrogen) atoms. The molecule has 1 aromatic rings. The summed E-state index contributed by atoms with van der Waals surface area (Å²) in [5.41, 5.74) is 0. The first-order chi connectivity index (χ1) is 10.4. The highest BCUT2D eigenvalue weighted by Crippen LogP contribution is 2.38. The first-order valence-corrected chi connectivity index (χ1v) is 7.47. The summed E-state index contributed by atoms with van der Waals surface area (Å²) < 4.78 is 28.1. The fraction of sp³-hybridized carbons (Fsp3) is 0.400. The molecule has 1 atom stereocenters. The SMILES string of the molecule is COc1cc(Br)ccc1OCC1=C2OC(C)(C)O[C@H]2C(=O)O1. The summed E-state index contributed by atoms with van der Waals surface area (Å²) in [6.07, 6.45) is -0.805. The Bertz CT molecular complexity index is 651. The van der Waals surface area contributed by atoms with Crippen molar-refractivity contribution in [1.82, 2.24) is 0 Å². The Morgan fingerprint density at radius 1 is 1.32 bits per heavy atom. The average molecular weight is 371 g/mol. The zero-order valence-electron chi connectivity index (χ0n) is 12.3. The average Bonchev–Trinajstić information content (AvgIpc) is 2.92. The number of cyclic esters (lactones) is 1. The summed E-state index contributed by atoms with van der Waals surface area (Å²) in [6.45, 7) is 3.53.